The number of para-hydroxylation sites is 2. The second-order valence-corrected chi connectivity index (χ2v) is 6.40. The van der Waals surface area contributed by atoms with E-state index in [-0.39, 0.29) is 5.56 Å². The molecular weight excluding hydrogens is 353 g/mol. The van der Waals surface area contributed by atoms with Crippen molar-refractivity contribution < 1.29 is 14.0 Å². The monoisotopic (exact) mass is 369 g/mol. The summed E-state index contributed by atoms with van der Waals surface area (Å²) in [4.78, 5) is 25.4. The van der Waals surface area contributed by atoms with Crippen LogP contribution in [0.2, 0.25) is 0 Å². The summed E-state index contributed by atoms with van der Waals surface area (Å²) in [6.07, 6.45) is 0. The molecule has 5 nitrogen and oxygen atoms in total. The van der Waals surface area contributed by atoms with Crippen LogP contribution in [0.3, 0.4) is 0 Å². The van der Waals surface area contributed by atoms with Gasteiger partial charge in [-0.25, -0.2) is 9.18 Å². The summed E-state index contributed by atoms with van der Waals surface area (Å²) in [7, 11) is 0. The zero-order chi connectivity index (χ0) is 18.4. The molecule has 3 rings (SSSR count). The predicted octanol–water partition coefficient (Wildman–Crippen LogP) is 4.46. The SMILES string of the molecule is O=C(NCc1cccs1)Nc1ccccc1NC(=O)c1ccccc1F. The number of benzene rings is 2. The van der Waals surface area contributed by atoms with Crippen molar-refractivity contribution in [2.45, 2.75) is 6.54 Å². The topological polar surface area (TPSA) is 70.2 Å². The Hall–Kier alpha value is -3.19. The minimum absolute atomic E-state index is 0.0653. The number of rotatable bonds is 5. The Morgan fingerprint density at radius 1 is 0.885 bits per heavy atom. The molecular formula is C19H16FN3O2S. The summed E-state index contributed by atoms with van der Waals surface area (Å²) in [5.41, 5.74) is 0.734. The van der Waals surface area contributed by atoms with E-state index in [1.165, 1.54) is 18.2 Å². The summed E-state index contributed by atoms with van der Waals surface area (Å²) in [5, 5.41) is 9.99. The first-order chi connectivity index (χ1) is 12.6. The molecule has 7 heteroatoms. The fourth-order valence-corrected chi connectivity index (χ4v) is 2.93. The zero-order valence-electron chi connectivity index (χ0n) is 13.7. The van der Waals surface area contributed by atoms with Crippen molar-refractivity contribution in [2.75, 3.05) is 10.6 Å². The van der Waals surface area contributed by atoms with Gasteiger partial charge in [0.05, 0.1) is 23.5 Å². The lowest BCUT2D eigenvalue weighted by molar-refractivity contribution is 0.102. The summed E-state index contributed by atoms with van der Waals surface area (Å²) in [6, 6.07) is 15.9. The average Bonchev–Trinajstić information content (AvgIpc) is 3.15. The molecule has 0 atom stereocenters. The highest BCUT2D eigenvalue weighted by atomic mass is 32.1. The Morgan fingerprint density at radius 2 is 1.58 bits per heavy atom. The van der Waals surface area contributed by atoms with Gasteiger partial charge in [-0.1, -0.05) is 30.3 Å². The van der Waals surface area contributed by atoms with Crippen LogP contribution in [-0.2, 0) is 6.54 Å². The van der Waals surface area contributed by atoms with Gasteiger partial charge in [0, 0.05) is 4.88 Å². The average molecular weight is 369 g/mol. The quantitative estimate of drug-likeness (QED) is 0.621. The van der Waals surface area contributed by atoms with Gasteiger partial charge in [-0.15, -0.1) is 11.3 Å². The van der Waals surface area contributed by atoms with Crippen molar-refractivity contribution in [3.05, 3.63) is 82.3 Å². The van der Waals surface area contributed by atoms with E-state index in [0.29, 0.717) is 17.9 Å². The van der Waals surface area contributed by atoms with Gasteiger partial charge in [-0.05, 0) is 35.7 Å². The van der Waals surface area contributed by atoms with Gasteiger partial charge in [0.2, 0.25) is 0 Å². The molecule has 0 fully saturated rings. The number of urea groups is 1. The molecule has 3 N–H and O–H groups in total. The highest BCUT2D eigenvalue weighted by molar-refractivity contribution is 7.09. The van der Waals surface area contributed by atoms with Gasteiger partial charge in [0.1, 0.15) is 5.82 Å². The van der Waals surface area contributed by atoms with Gasteiger partial charge in [-0.3, -0.25) is 4.79 Å². The number of hydrogen-bond acceptors (Lipinski definition) is 3. The molecule has 3 amide bonds. The third-order valence-corrected chi connectivity index (χ3v) is 4.42. The predicted molar refractivity (Wildman–Crippen MR) is 101 cm³/mol. The maximum atomic E-state index is 13.7. The van der Waals surface area contributed by atoms with Crippen LogP contribution in [-0.4, -0.2) is 11.9 Å². The van der Waals surface area contributed by atoms with E-state index in [0.717, 1.165) is 4.88 Å². The lowest BCUT2D eigenvalue weighted by Gasteiger charge is -2.13. The molecule has 0 unspecified atom stereocenters. The molecule has 0 saturated heterocycles. The number of halogens is 1. The number of hydrogen-bond donors (Lipinski definition) is 3. The minimum atomic E-state index is -0.607. The van der Waals surface area contributed by atoms with Crippen LogP contribution in [0.25, 0.3) is 0 Å². The first-order valence-corrected chi connectivity index (χ1v) is 8.73. The van der Waals surface area contributed by atoms with E-state index in [4.69, 9.17) is 0 Å². The lowest BCUT2D eigenvalue weighted by atomic mass is 10.2. The largest absolute Gasteiger partial charge is 0.333 e. The highest BCUT2D eigenvalue weighted by Gasteiger charge is 2.13. The Morgan fingerprint density at radius 3 is 2.27 bits per heavy atom. The van der Waals surface area contributed by atoms with Crippen LogP contribution in [0.5, 0.6) is 0 Å². The summed E-state index contributed by atoms with van der Waals surface area (Å²) >= 11 is 1.55. The number of anilines is 2. The highest BCUT2D eigenvalue weighted by Crippen LogP contribution is 2.22. The van der Waals surface area contributed by atoms with Crippen molar-refractivity contribution >= 4 is 34.6 Å². The van der Waals surface area contributed by atoms with Crippen LogP contribution in [0.1, 0.15) is 15.2 Å². The van der Waals surface area contributed by atoms with Crippen molar-refractivity contribution in [1.29, 1.82) is 0 Å². The van der Waals surface area contributed by atoms with Gasteiger partial charge >= 0.3 is 6.03 Å². The minimum Gasteiger partial charge on any atom is -0.333 e. The second kappa shape index (κ2) is 8.26. The Kier molecular flexibility index (Phi) is 5.60. The van der Waals surface area contributed by atoms with E-state index in [9.17, 15) is 14.0 Å². The zero-order valence-corrected chi connectivity index (χ0v) is 14.5. The Labute approximate surface area is 153 Å². The van der Waals surface area contributed by atoms with Crippen LogP contribution < -0.4 is 16.0 Å². The second-order valence-electron chi connectivity index (χ2n) is 5.37. The van der Waals surface area contributed by atoms with E-state index in [1.807, 2.05) is 17.5 Å². The van der Waals surface area contributed by atoms with Crippen LogP contribution in [0, 0.1) is 5.82 Å². The Balaban J connectivity index is 1.67. The van der Waals surface area contributed by atoms with Gasteiger partial charge < -0.3 is 16.0 Å². The lowest BCUT2D eigenvalue weighted by Crippen LogP contribution is -2.28. The number of carbonyl (C=O) groups excluding carboxylic acids is 2. The van der Waals surface area contributed by atoms with Crippen LogP contribution in [0.4, 0.5) is 20.6 Å². The molecule has 1 heterocycles. The summed E-state index contributed by atoms with van der Waals surface area (Å²) in [6.45, 7) is 0.410. The molecule has 0 radical (unpaired) electrons. The van der Waals surface area contributed by atoms with Gasteiger partial charge in [0.25, 0.3) is 5.91 Å². The maximum Gasteiger partial charge on any atom is 0.319 e. The van der Waals surface area contributed by atoms with E-state index >= 15 is 0 Å². The van der Waals surface area contributed by atoms with Crippen LogP contribution in [0.15, 0.2) is 66.0 Å². The van der Waals surface area contributed by atoms with E-state index in [1.54, 1.807) is 41.7 Å². The molecule has 0 spiro atoms. The standard InChI is InChI=1S/C19H16FN3O2S/c20-15-8-2-1-7-14(15)18(24)22-16-9-3-4-10-17(16)23-19(25)21-12-13-6-5-11-26-13/h1-11H,12H2,(H,22,24)(H2,21,23,25). The van der Waals surface area contributed by atoms with Crippen molar-refractivity contribution in [1.82, 2.24) is 5.32 Å². The number of carbonyl (C=O) groups is 2. The molecule has 3 aromatic rings. The van der Waals surface area contributed by atoms with E-state index < -0.39 is 17.8 Å². The molecule has 0 aliphatic heterocycles. The fraction of sp³-hybridized carbons (Fsp3) is 0.0526. The van der Waals surface area contributed by atoms with Crippen molar-refractivity contribution in [3.63, 3.8) is 0 Å². The third kappa shape index (κ3) is 4.46. The normalized spacial score (nSPS) is 10.2. The smallest absolute Gasteiger partial charge is 0.319 e. The molecule has 0 bridgehead atoms. The Bertz CT molecular complexity index is 913. The number of thiophene rings is 1. The first kappa shape index (κ1) is 17.6. The molecule has 0 aliphatic carbocycles. The van der Waals surface area contributed by atoms with Crippen molar-refractivity contribution in [3.8, 4) is 0 Å². The van der Waals surface area contributed by atoms with Gasteiger partial charge in [0.15, 0.2) is 0 Å². The molecule has 132 valence electrons. The third-order valence-electron chi connectivity index (χ3n) is 3.55. The molecule has 0 aliphatic rings. The van der Waals surface area contributed by atoms with Crippen LogP contribution >= 0.6 is 11.3 Å². The number of nitrogens with one attached hydrogen (secondary N) is 3. The molecule has 2 aromatic carbocycles. The molecule has 26 heavy (non-hydrogen) atoms. The van der Waals surface area contributed by atoms with E-state index in [2.05, 4.69) is 16.0 Å². The fourth-order valence-electron chi connectivity index (χ4n) is 2.28. The maximum absolute atomic E-state index is 13.7. The van der Waals surface area contributed by atoms with Gasteiger partial charge in [-0.2, -0.15) is 0 Å². The van der Waals surface area contributed by atoms with Crippen molar-refractivity contribution in [2.24, 2.45) is 0 Å². The summed E-state index contributed by atoms with van der Waals surface area (Å²) in [5.74, 6) is -1.19. The first-order valence-electron chi connectivity index (χ1n) is 7.85. The summed E-state index contributed by atoms with van der Waals surface area (Å²) < 4.78 is 13.7. The molecule has 0 saturated carbocycles. The molecule has 1 aromatic heterocycles. The number of amides is 3.